The van der Waals surface area contributed by atoms with Crippen molar-refractivity contribution in [3.8, 4) is 5.75 Å². The Hall–Kier alpha value is -1.55. The molecule has 0 heterocycles. The van der Waals surface area contributed by atoms with Crippen molar-refractivity contribution in [2.24, 2.45) is 11.5 Å². The fourth-order valence-electron chi connectivity index (χ4n) is 1.02. The van der Waals surface area contributed by atoms with E-state index in [1.807, 2.05) is 24.3 Å². The van der Waals surface area contributed by atoms with Crippen molar-refractivity contribution in [1.29, 1.82) is 0 Å². The van der Waals surface area contributed by atoms with Gasteiger partial charge >= 0.3 is 0 Å². The van der Waals surface area contributed by atoms with Crippen molar-refractivity contribution in [2.45, 2.75) is 0 Å². The van der Waals surface area contributed by atoms with Gasteiger partial charge in [0.2, 0.25) is 0 Å². The van der Waals surface area contributed by atoms with Gasteiger partial charge in [-0.1, -0.05) is 12.2 Å². The van der Waals surface area contributed by atoms with Crippen LogP contribution in [0.3, 0.4) is 0 Å². The second-order valence-corrected chi connectivity index (χ2v) is 3.20. The number of benzene rings is 1. The summed E-state index contributed by atoms with van der Waals surface area (Å²) in [5.74, 6) is 0.789. The number of ether oxygens (including phenoxy) is 1. The molecule has 0 bridgehead atoms. The highest BCUT2D eigenvalue weighted by Gasteiger charge is 1.97. The molecule has 4 N–H and O–H groups in total. The van der Waals surface area contributed by atoms with E-state index in [1.54, 1.807) is 13.2 Å². The lowest BCUT2D eigenvalue weighted by Crippen LogP contribution is -2.07. The topological polar surface area (TPSA) is 61.3 Å². The molecule has 0 aliphatic heterocycles. The molecule has 74 valence electrons. The summed E-state index contributed by atoms with van der Waals surface area (Å²) in [6, 6.07) is 7.36. The Morgan fingerprint density at radius 1 is 1.29 bits per heavy atom. The molecule has 0 spiro atoms. The third-order valence-corrected chi connectivity index (χ3v) is 1.84. The van der Waals surface area contributed by atoms with Crippen LogP contribution in [0.25, 0.3) is 5.70 Å². The summed E-state index contributed by atoms with van der Waals surface area (Å²) in [6.07, 6.45) is 1.55. The first kappa shape index (κ1) is 10.5. The van der Waals surface area contributed by atoms with E-state index >= 15 is 0 Å². The van der Waals surface area contributed by atoms with Crippen LogP contribution >= 0.6 is 12.2 Å². The minimum Gasteiger partial charge on any atom is -0.497 e. The number of methoxy groups -OCH3 is 1. The second-order valence-electron chi connectivity index (χ2n) is 2.73. The SMILES string of the molecule is COc1ccc(/C(N)=C/C(N)=S)cc1. The van der Waals surface area contributed by atoms with Gasteiger partial charge in [-0.2, -0.15) is 0 Å². The third-order valence-electron chi connectivity index (χ3n) is 1.72. The van der Waals surface area contributed by atoms with E-state index in [4.69, 9.17) is 28.4 Å². The van der Waals surface area contributed by atoms with Gasteiger partial charge in [-0.05, 0) is 35.9 Å². The molecule has 0 unspecified atom stereocenters. The van der Waals surface area contributed by atoms with Gasteiger partial charge in [-0.3, -0.25) is 0 Å². The normalized spacial score (nSPS) is 11.1. The van der Waals surface area contributed by atoms with Gasteiger partial charge in [0.1, 0.15) is 5.75 Å². The number of nitrogens with two attached hydrogens (primary N) is 2. The molecule has 0 aromatic heterocycles. The number of thiocarbonyl (C=S) groups is 1. The smallest absolute Gasteiger partial charge is 0.118 e. The molecular weight excluding hydrogens is 196 g/mol. The fourth-order valence-corrected chi connectivity index (χ4v) is 1.15. The molecule has 0 radical (unpaired) electrons. The fraction of sp³-hybridized carbons (Fsp3) is 0.100. The van der Waals surface area contributed by atoms with Crippen molar-refractivity contribution in [2.75, 3.05) is 7.11 Å². The Kier molecular flexibility index (Phi) is 3.48. The summed E-state index contributed by atoms with van der Waals surface area (Å²) < 4.78 is 5.02. The molecule has 14 heavy (non-hydrogen) atoms. The highest BCUT2D eigenvalue weighted by atomic mass is 32.1. The monoisotopic (exact) mass is 208 g/mol. The van der Waals surface area contributed by atoms with E-state index in [2.05, 4.69) is 0 Å². The molecule has 0 atom stereocenters. The summed E-state index contributed by atoms with van der Waals surface area (Å²) in [7, 11) is 1.61. The zero-order valence-corrected chi connectivity index (χ0v) is 8.67. The highest BCUT2D eigenvalue weighted by Crippen LogP contribution is 2.14. The van der Waals surface area contributed by atoms with Crippen LogP contribution in [-0.4, -0.2) is 12.1 Å². The Bertz CT molecular complexity index is 357. The van der Waals surface area contributed by atoms with E-state index in [0.29, 0.717) is 5.70 Å². The van der Waals surface area contributed by atoms with Crippen LogP contribution in [0.15, 0.2) is 30.3 Å². The van der Waals surface area contributed by atoms with E-state index in [1.165, 1.54) is 0 Å². The van der Waals surface area contributed by atoms with E-state index in [9.17, 15) is 0 Å². The first-order valence-corrected chi connectivity index (χ1v) is 4.45. The van der Waals surface area contributed by atoms with E-state index in [0.717, 1.165) is 11.3 Å². The Balaban J connectivity index is 2.92. The lowest BCUT2D eigenvalue weighted by Gasteiger charge is -2.03. The molecule has 0 aliphatic rings. The molecule has 1 aromatic carbocycles. The van der Waals surface area contributed by atoms with Crippen molar-refractivity contribution in [1.82, 2.24) is 0 Å². The average molecular weight is 208 g/mol. The Morgan fingerprint density at radius 2 is 1.86 bits per heavy atom. The molecule has 1 rings (SSSR count). The first-order chi connectivity index (χ1) is 6.63. The van der Waals surface area contributed by atoms with Crippen LogP contribution in [0.4, 0.5) is 0 Å². The lowest BCUT2D eigenvalue weighted by atomic mass is 10.1. The molecule has 0 saturated heterocycles. The van der Waals surface area contributed by atoms with Crippen molar-refractivity contribution in [3.05, 3.63) is 35.9 Å². The minimum absolute atomic E-state index is 0.276. The summed E-state index contributed by atoms with van der Waals surface area (Å²) >= 11 is 4.72. The summed E-state index contributed by atoms with van der Waals surface area (Å²) in [4.78, 5) is 0.276. The molecule has 0 fully saturated rings. The minimum atomic E-state index is 0.276. The summed E-state index contributed by atoms with van der Waals surface area (Å²) in [5.41, 5.74) is 12.5. The van der Waals surface area contributed by atoms with E-state index < -0.39 is 0 Å². The maximum absolute atomic E-state index is 5.74. The standard InChI is InChI=1S/C10H12N2OS/c1-13-8-4-2-7(3-5-8)9(11)6-10(12)14/h2-6H,11H2,1H3,(H2,12,14)/b9-6-. The van der Waals surface area contributed by atoms with Gasteiger partial charge in [0.15, 0.2) is 0 Å². The van der Waals surface area contributed by atoms with Crippen LogP contribution in [-0.2, 0) is 0 Å². The lowest BCUT2D eigenvalue weighted by molar-refractivity contribution is 0.415. The van der Waals surface area contributed by atoms with Gasteiger partial charge in [0, 0.05) is 5.70 Å². The zero-order valence-electron chi connectivity index (χ0n) is 7.86. The number of hydrogen-bond donors (Lipinski definition) is 2. The molecular formula is C10H12N2OS. The summed E-state index contributed by atoms with van der Waals surface area (Å²) in [5, 5.41) is 0. The molecule has 0 aliphatic carbocycles. The van der Waals surface area contributed by atoms with Crippen LogP contribution in [0.5, 0.6) is 5.75 Å². The summed E-state index contributed by atoms with van der Waals surface area (Å²) in [6.45, 7) is 0. The largest absolute Gasteiger partial charge is 0.497 e. The quantitative estimate of drug-likeness (QED) is 0.580. The molecule has 1 aromatic rings. The van der Waals surface area contributed by atoms with Gasteiger partial charge in [0.05, 0.1) is 12.1 Å². The first-order valence-electron chi connectivity index (χ1n) is 4.04. The van der Waals surface area contributed by atoms with Gasteiger partial charge < -0.3 is 16.2 Å². The predicted octanol–water partition coefficient (Wildman–Crippen LogP) is 1.28. The Morgan fingerprint density at radius 3 is 2.29 bits per heavy atom. The predicted molar refractivity (Wildman–Crippen MR) is 61.9 cm³/mol. The average Bonchev–Trinajstić information content (AvgIpc) is 2.17. The maximum Gasteiger partial charge on any atom is 0.118 e. The van der Waals surface area contributed by atoms with Gasteiger partial charge in [-0.15, -0.1) is 0 Å². The highest BCUT2D eigenvalue weighted by molar-refractivity contribution is 7.80. The molecule has 0 saturated carbocycles. The third kappa shape index (κ3) is 2.74. The van der Waals surface area contributed by atoms with Gasteiger partial charge in [0.25, 0.3) is 0 Å². The molecule has 0 amide bonds. The van der Waals surface area contributed by atoms with Crippen molar-refractivity contribution >= 4 is 22.9 Å². The van der Waals surface area contributed by atoms with Crippen LogP contribution in [0, 0.1) is 0 Å². The van der Waals surface area contributed by atoms with Crippen molar-refractivity contribution < 1.29 is 4.74 Å². The van der Waals surface area contributed by atoms with Crippen LogP contribution in [0.2, 0.25) is 0 Å². The maximum atomic E-state index is 5.74. The number of rotatable bonds is 3. The number of hydrogen-bond acceptors (Lipinski definition) is 3. The van der Waals surface area contributed by atoms with Crippen molar-refractivity contribution in [3.63, 3.8) is 0 Å². The van der Waals surface area contributed by atoms with Crippen LogP contribution < -0.4 is 16.2 Å². The van der Waals surface area contributed by atoms with Crippen LogP contribution in [0.1, 0.15) is 5.56 Å². The molecule has 4 heteroatoms. The Labute approximate surface area is 88.4 Å². The zero-order chi connectivity index (χ0) is 10.6. The van der Waals surface area contributed by atoms with E-state index in [-0.39, 0.29) is 4.99 Å². The molecule has 3 nitrogen and oxygen atoms in total. The second kappa shape index (κ2) is 4.62. The van der Waals surface area contributed by atoms with Gasteiger partial charge in [-0.25, -0.2) is 0 Å².